The lowest BCUT2D eigenvalue weighted by Crippen LogP contribution is -2.50. The largest absolute Gasteiger partial charge is 0.481 e. The van der Waals surface area contributed by atoms with Crippen LogP contribution in [0.15, 0.2) is 18.2 Å². The third-order valence-electron chi connectivity index (χ3n) is 4.25. The van der Waals surface area contributed by atoms with E-state index in [0.29, 0.717) is 19.6 Å². The van der Waals surface area contributed by atoms with Crippen LogP contribution >= 0.6 is 0 Å². The molecule has 1 fully saturated rings. The molecule has 2 N–H and O–H groups in total. The van der Waals surface area contributed by atoms with Crippen LogP contribution in [-0.4, -0.2) is 41.5 Å². The van der Waals surface area contributed by atoms with Gasteiger partial charge < -0.3 is 10.4 Å². The Kier molecular flexibility index (Phi) is 3.92. The van der Waals surface area contributed by atoms with Crippen molar-refractivity contribution in [3.05, 3.63) is 29.3 Å². The molecule has 0 aromatic heterocycles. The molecular weight excluding hydrogens is 268 g/mol. The van der Waals surface area contributed by atoms with Gasteiger partial charge in [0.1, 0.15) is 0 Å². The molecule has 5 nitrogen and oxygen atoms in total. The Morgan fingerprint density at radius 2 is 2.00 bits per heavy atom. The highest BCUT2D eigenvalue weighted by molar-refractivity contribution is 5.92. The standard InChI is InChI=1S/C16H20N2O3/c19-15(10-18-8-11(9-18)6-16(20)21)17-14-5-4-12-2-1-3-13(12)7-14/h4-5,7,11H,1-3,6,8-10H2,(H,17,19)(H,20,21). The second kappa shape index (κ2) is 5.85. The van der Waals surface area contributed by atoms with E-state index in [1.54, 1.807) is 0 Å². The van der Waals surface area contributed by atoms with E-state index < -0.39 is 5.97 Å². The number of carboxylic acid groups (broad SMARTS) is 1. The van der Waals surface area contributed by atoms with Crippen molar-refractivity contribution in [2.24, 2.45) is 5.92 Å². The molecule has 0 radical (unpaired) electrons. The van der Waals surface area contributed by atoms with E-state index in [-0.39, 0.29) is 18.2 Å². The smallest absolute Gasteiger partial charge is 0.303 e. The number of anilines is 1. The van der Waals surface area contributed by atoms with Crippen LogP contribution in [0, 0.1) is 5.92 Å². The molecule has 0 bridgehead atoms. The minimum atomic E-state index is -0.762. The van der Waals surface area contributed by atoms with Crippen LogP contribution in [0.2, 0.25) is 0 Å². The van der Waals surface area contributed by atoms with Crippen LogP contribution in [-0.2, 0) is 22.4 Å². The van der Waals surface area contributed by atoms with Crippen molar-refractivity contribution in [1.29, 1.82) is 0 Å². The maximum atomic E-state index is 12.0. The normalized spacial score (nSPS) is 18.1. The molecule has 0 unspecified atom stereocenters. The van der Waals surface area contributed by atoms with Crippen LogP contribution in [0.4, 0.5) is 5.69 Å². The Hall–Kier alpha value is -1.88. The van der Waals surface area contributed by atoms with Gasteiger partial charge in [-0.2, -0.15) is 0 Å². The first-order chi connectivity index (χ1) is 10.1. The Morgan fingerprint density at radius 3 is 2.76 bits per heavy atom. The molecule has 1 aromatic rings. The van der Waals surface area contributed by atoms with Gasteiger partial charge in [-0.05, 0) is 48.4 Å². The number of nitrogens with one attached hydrogen (secondary N) is 1. The first-order valence-corrected chi connectivity index (χ1v) is 7.46. The maximum absolute atomic E-state index is 12.0. The minimum absolute atomic E-state index is 0.0262. The highest BCUT2D eigenvalue weighted by Gasteiger charge is 2.29. The van der Waals surface area contributed by atoms with Crippen LogP contribution < -0.4 is 5.32 Å². The summed E-state index contributed by atoms with van der Waals surface area (Å²) in [6.07, 6.45) is 3.64. The SMILES string of the molecule is O=C(O)CC1CN(CC(=O)Nc2ccc3c(c2)CCC3)C1. The Morgan fingerprint density at radius 1 is 1.24 bits per heavy atom. The Bertz CT molecular complexity index is 565. The van der Waals surface area contributed by atoms with Crippen molar-refractivity contribution in [2.45, 2.75) is 25.7 Å². The van der Waals surface area contributed by atoms with Crippen LogP contribution in [0.1, 0.15) is 24.0 Å². The fourth-order valence-corrected chi connectivity index (χ4v) is 3.24. The molecule has 21 heavy (non-hydrogen) atoms. The number of rotatable bonds is 5. The second-order valence-electron chi connectivity index (χ2n) is 6.04. The third kappa shape index (κ3) is 3.42. The molecule has 1 saturated heterocycles. The van der Waals surface area contributed by atoms with Gasteiger partial charge in [0, 0.05) is 18.8 Å². The van der Waals surface area contributed by atoms with Crippen LogP contribution in [0.5, 0.6) is 0 Å². The molecule has 1 aliphatic carbocycles. The quantitative estimate of drug-likeness (QED) is 0.862. The van der Waals surface area contributed by atoms with Crippen molar-refractivity contribution in [2.75, 3.05) is 25.0 Å². The highest BCUT2D eigenvalue weighted by Crippen LogP contribution is 2.25. The topological polar surface area (TPSA) is 69.6 Å². The zero-order chi connectivity index (χ0) is 14.8. The van der Waals surface area contributed by atoms with E-state index >= 15 is 0 Å². The molecule has 1 amide bonds. The molecule has 112 valence electrons. The molecule has 1 aliphatic heterocycles. The summed E-state index contributed by atoms with van der Waals surface area (Å²) < 4.78 is 0. The summed E-state index contributed by atoms with van der Waals surface area (Å²) in [5, 5.41) is 11.6. The molecule has 5 heteroatoms. The van der Waals surface area contributed by atoms with Gasteiger partial charge in [0.05, 0.1) is 13.0 Å². The average Bonchev–Trinajstić information content (AvgIpc) is 2.83. The van der Waals surface area contributed by atoms with E-state index in [2.05, 4.69) is 17.4 Å². The number of carboxylic acids is 1. The number of likely N-dealkylation sites (tertiary alicyclic amines) is 1. The van der Waals surface area contributed by atoms with Gasteiger partial charge in [-0.25, -0.2) is 0 Å². The molecular formula is C16H20N2O3. The third-order valence-corrected chi connectivity index (χ3v) is 4.25. The van der Waals surface area contributed by atoms with Gasteiger partial charge in [-0.3, -0.25) is 14.5 Å². The Balaban J connectivity index is 1.46. The molecule has 1 aromatic carbocycles. The van der Waals surface area contributed by atoms with E-state index in [4.69, 9.17) is 5.11 Å². The maximum Gasteiger partial charge on any atom is 0.303 e. The number of carbonyl (C=O) groups is 2. The van der Waals surface area contributed by atoms with E-state index in [9.17, 15) is 9.59 Å². The lowest BCUT2D eigenvalue weighted by atomic mass is 9.96. The van der Waals surface area contributed by atoms with Gasteiger partial charge in [-0.15, -0.1) is 0 Å². The number of hydrogen-bond acceptors (Lipinski definition) is 3. The summed E-state index contributed by atoms with van der Waals surface area (Å²) in [6, 6.07) is 6.14. The molecule has 2 aliphatic rings. The fourth-order valence-electron chi connectivity index (χ4n) is 3.24. The number of amides is 1. The number of hydrogen-bond donors (Lipinski definition) is 2. The van der Waals surface area contributed by atoms with Gasteiger partial charge in [0.2, 0.25) is 5.91 Å². The molecule has 0 atom stereocenters. The zero-order valence-corrected chi connectivity index (χ0v) is 12.0. The van der Waals surface area contributed by atoms with Gasteiger partial charge >= 0.3 is 5.97 Å². The van der Waals surface area contributed by atoms with Crippen molar-refractivity contribution in [1.82, 2.24) is 4.90 Å². The number of benzene rings is 1. The first kappa shape index (κ1) is 14.1. The highest BCUT2D eigenvalue weighted by atomic mass is 16.4. The first-order valence-electron chi connectivity index (χ1n) is 7.46. The summed E-state index contributed by atoms with van der Waals surface area (Å²) in [4.78, 5) is 24.5. The predicted molar refractivity (Wildman–Crippen MR) is 79.3 cm³/mol. The van der Waals surface area contributed by atoms with Crippen LogP contribution in [0.3, 0.4) is 0 Å². The lowest BCUT2D eigenvalue weighted by Gasteiger charge is -2.37. The van der Waals surface area contributed by atoms with Gasteiger partial charge in [0.15, 0.2) is 0 Å². The summed E-state index contributed by atoms with van der Waals surface area (Å²) in [5.41, 5.74) is 3.61. The molecule has 0 spiro atoms. The summed E-state index contributed by atoms with van der Waals surface area (Å²) in [7, 11) is 0. The number of aryl methyl sites for hydroxylation is 2. The monoisotopic (exact) mass is 288 g/mol. The Labute approximate surface area is 123 Å². The number of aliphatic carboxylic acids is 1. The van der Waals surface area contributed by atoms with E-state index in [1.807, 2.05) is 11.0 Å². The van der Waals surface area contributed by atoms with Crippen molar-refractivity contribution < 1.29 is 14.7 Å². The van der Waals surface area contributed by atoms with Gasteiger partial charge in [-0.1, -0.05) is 6.07 Å². The molecule has 1 heterocycles. The second-order valence-corrected chi connectivity index (χ2v) is 6.04. The average molecular weight is 288 g/mol. The molecule has 3 rings (SSSR count). The van der Waals surface area contributed by atoms with Crippen molar-refractivity contribution in [3.63, 3.8) is 0 Å². The fraction of sp³-hybridized carbons (Fsp3) is 0.500. The zero-order valence-electron chi connectivity index (χ0n) is 12.0. The predicted octanol–water partition coefficient (Wildman–Crippen LogP) is 1.52. The minimum Gasteiger partial charge on any atom is -0.481 e. The lowest BCUT2D eigenvalue weighted by molar-refractivity contribution is -0.139. The number of nitrogens with zero attached hydrogens (tertiary/aromatic N) is 1. The number of carbonyl (C=O) groups excluding carboxylic acids is 1. The van der Waals surface area contributed by atoms with Gasteiger partial charge in [0.25, 0.3) is 0 Å². The number of fused-ring (bicyclic) bond motifs is 1. The van der Waals surface area contributed by atoms with Crippen molar-refractivity contribution >= 4 is 17.6 Å². The summed E-state index contributed by atoms with van der Waals surface area (Å²) in [5.74, 6) is -0.598. The van der Waals surface area contributed by atoms with Crippen molar-refractivity contribution in [3.8, 4) is 0 Å². The van der Waals surface area contributed by atoms with E-state index in [1.165, 1.54) is 17.5 Å². The summed E-state index contributed by atoms with van der Waals surface area (Å²) >= 11 is 0. The van der Waals surface area contributed by atoms with E-state index in [0.717, 1.165) is 18.5 Å². The molecule has 0 saturated carbocycles. The summed E-state index contributed by atoms with van der Waals surface area (Å²) in [6.45, 7) is 1.74. The van der Waals surface area contributed by atoms with Crippen LogP contribution in [0.25, 0.3) is 0 Å².